The number of aryl methyl sites for hydroxylation is 1. The second-order valence-corrected chi connectivity index (χ2v) is 4.22. The number of aromatic nitrogens is 2. The normalized spacial score (nSPS) is 10.9. The van der Waals surface area contributed by atoms with Gasteiger partial charge in [0.25, 0.3) is 0 Å². The fourth-order valence-electron chi connectivity index (χ4n) is 1.88. The molecule has 0 aliphatic carbocycles. The minimum absolute atomic E-state index is 0.772. The van der Waals surface area contributed by atoms with Gasteiger partial charge >= 0.3 is 0 Å². The third-order valence-electron chi connectivity index (χ3n) is 2.82. The van der Waals surface area contributed by atoms with Crippen molar-refractivity contribution in [2.24, 2.45) is 0 Å². The average Bonchev–Trinajstić information content (AvgIpc) is 2.72. The van der Waals surface area contributed by atoms with Crippen LogP contribution in [0.3, 0.4) is 0 Å². The maximum atomic E-state index is 5.67. The van der Waals surface area contributed by atoms with Gasteiger partial charge in [0, 0.05) is 23.6 Å². The lowest BCUT2D eigenvalue weighted by Crippen LogP contribution is -1.83. The van der Waals surface area contributed by atoms with Gasteiger partial charge in [-0.05, 0) is 36.8 Å². The van der Waals surface area contributed by atoms with Gasteiger partial charge in [0.1, 0.15) is 5.65 Å². The fraction of sp³-hybridized carbons (Fsp3) is 0.0714. The number of anilines is 1. The van der Waals surface area contributed by atoms with Crippen LogP contribution in [0.1, 0.15) is 5.56 Å². The van der Waals surface area contributed by atoms with E-state index in [1.165, 1.54) is 5.56 Å². The molecule has 0 bridgehead atoms. The first-order valence-electron chi connectivity index (χ1n) is 5.54. The molecule has 0 radical (unpaired) electrons. The SMILES string of the molecule is Cc1ccn2cc(-c3ccc(N)cc3)nc2c1. The Morgan fingerprint density at radius 2 is 1.88 bits per heavy atom. The highest BCUT2D eigenvalue weighted by atomic mass is 15.0. The van der Waals surface area contributed by atoms with E-state index in [0.29, 0.717) is 0 Å². The van der Waals surface area contributed by atoms with Gasteiger partial charge in [-0.1, -0.05) is 12.1 Å². The van der Waals surface area contributed by atoms with Crippen molar-refractivity contribution in [2.45, 2.75) is 6.92 Å². The van der Waals surface area contributed by atoms with Crippen molar-refractivity contribution in [3.63, 3.8) is 0 Å². The number of nitrogens with zero attached hydrogens (tertiary/aromatic N) is 2. The van der Waals surface area contributed by atoms with E-state index in [4.69, 9.17) is 5.73 Å². The van der Waals surface area contributed by atoms with Crippen LogP contribution in [0.15, 0.2) is 48.8 Å². The van der Waals surface area contributed by atoms with Crippen molar-refractivity contribution in [3.8, 4) is 11.3 Å². The first-order chi connectivity index (χ1) is 8.22. The number of fused-ring (bicyclic) bond motifs is 1. The third-order valence-corrected chi connectivity index (χ3v) is 2.82. The molecule has 0 aliphatic heterocycles. The Morgan fingerprint density at radius 3 is 2.65 bits per heavy atom. The van der Waals surface area contributed by atoms with Crippen molar-refractivity contribution < 1.29 is 0 Å². The van der Waals surface area contributed by atoms with Crippen LogP contribution in [-0.4, -0.2) is 9.38 Å². The number of hydrogen-bond donors (Lipinski definition) is 1. The molecule has 0 unspecified atom stereocenters. The molecule has 0 fully saturated rings. The molecule has 3 heteroatoms. The zero-order valence-corrected chi connectivity index (χ0v) is 9.59. The first kappa shape index (κ1) is 9.90. The Hall–Kier alpha value is -2.29. The Labute approximate surface area is 99.5 Å². The summed E-state index contributed by atoms with van der Waals surface area (Å²) in [5.74, 6) is 0. The summed E-state index contributed by atoms with van der Waals surface area (Å²) < 4.78 is 2.03. The van der Waals surface area contributed by atoms with Crippen molar-refractivity contribution in [1.82, 2.24) is 9.38 Å². The molecule has 2 heterocycles. The standard InChI is InChI=1S/C14H13N3/c1-10-6-7-17-9-13(16-14(17)8-10)11-2-4-12(15)5-3-11/h2-9H,15H2,1H3. The summed E-state index contributed by atoms with van der Waals surface area (Å²) in [6.45, 7) is 2.07. The van der Waals surface area contributed by atoms with E-state index in [2.05, 4.69) is 24.0 Å². The molecule has 2 aromatic heterocycles. The molecular weight excluding hydrogens is 210 g/mol. The lowest BCUT2D eigenvalue weighted by atomic mass is 10.1. The van der Waals surface area contributed by atoms with Crippen LogP contribution >= 0.6 is 0 Å². The first-order valence-corrected chi connectivity index (χ1v) is 5.54. The highest BCUT2D eigenvalue weighted by Crippen LogP contribution is 2.20. The Kier molecular flexibility index (Phi) is 2.11. The van der Waals surface area contributed by atoms with Gasteiger partial charge in [0.15, 0.2) is 0 Å². The molecule has 3 nitrogen and oxygen atoms in total. The van der Waals surface area contributed by atoms with Crippen LogP contribution in [0.4, 0.5) is 5.69 Å². The monoisotopic (exact) mass is 223 g/mol. The Morgan fingerprint density at radius 1 is 1.12 bits per heavy atom. The zero-order chi connectivity index (χ0) is 11.8. The van der Waals surface area contributed by atoms with Crippen LogP contribution < -0.4 is 5.73 Å². The number of nitrogen functional groups attached to an aromatic ring is 1. The van der Waals surface area contributed by atoms with E-state index < -0.39 is 0 Å². The van der Waals surface area contributed by atoms with Gasteiger partial charge in [0.05, 0.1) is 5.69 Å². The van der Waals surface area contributed by atoms with Crippen molar-refractivity contribution in [2.75, 3.05) is 5.73 Å². The van der Waals surface area contributed by atoms with E-state index in [0.717, 1.165) is 22.6 Å². The number of benzene rings is 1. The van der Waals surface area contributed by atoms with Gasteiger partial charge in [-0.25, -0.2) is 4.98 Å². The lowest BCUT2D eigenvalue weighted by Gasteiger charge is -1.96. The van der Waals surface area contributed by atoms with Crippen molar-refractivity contribution >= 4 is 11.3 Å². The molecule has 0 saturated carbocycles. The maximum Gasteiger partial charge on any atom is 0.137 e. The number of nitrogens with two attached hydrogens (primary N) is 1. The molecule has 3 aromatic rings. The molecule has 0 saturated heterocycles. The smallest absolute Gasteiger partial charge is 0.137 e. The lowest BCUT2D eigenvalue weighted by molar-refractivity contribution is 1.17. The van der Waals surface area contributed by atoms with Gasteiger partial charge < -0.3 is 10.1 Å². The largest absolute Gasteiger partial charge is 0.399 e. The van der Waals surface area contributed by atoms with Crippen LogP contribution in [0.5, 0.6) is 0 Å². The molecule has 2 N–H and O–H groups in total. The predicted octanol–water partition coefficient (Wildman–Crippen LogP) is 2.89. The topological polar surface area (TPSA) is 43.3 Å². The minimum Gasteiger partial charge on any atom is -0.399 e. The summed E-state index contributed by atoms with van der Waals surface area (Å²) in [7, 11) is 0. The van der Waals surface area contributed by atoms with E-state index in [1.807, 2.05) is 41.1 Å². The summed E-state index contributed by atoms with van der Waals surface area (Å²) in [6.07, 6.45) is 4.05. The van der Waals surface area contributed by atoms with E-state index in [-0.39, 0.29) is 0 Å². The van der Waals surface area contributed by atoms with Crippen LogP contribution in [0, 0.1) is 6.92 Å². The van der Waals surface area contributed by atoms with E-state index >= 15 is 0 Å². The Balaban J connectivity index is 2.14. The maximum absolute atomic E-state index is 5.67. The molecule has 0 atom stereocenters. The molecular formula is C14H13N3. The quantitative estimate of drug-likeness (QED) is 0.644. The molecule has 0 amide bonds. The molecule has 0 spiro atoms. The van der Waals surface area contributed by atoms with Gasteiger partial charge in [-0.3, -0.25) is 0 Å². The van der Waals surface area contributed by atoms with Gasteiger partial charge in [0.2, 0.25) is 0 Å². The number of rotatable bonds is 1. The second kappa shape index (κ2) is 3.63. The summed E-state index contributed by atoms with van der Waals surface area (Å²) in [5, 5.41) is 0. The molecule has 0 aliphatic rings. The van der Waals surface area contributed by atoms with Crippen LogP contribution in [-0.2, 0) is 0 Å². The zero-order valence-electron chi connectivity index (χ0n) is 9.59. The van der Waals surface area contributed by atoms with Crippen molar-refractivity contribution in [3.05, 3.63) is 54.4 Å². The Bertz CT molecular complexity index is 666. The molecule has 3 rings (SSSR count). The summed E-state index contributed by atoms with van der Waals surface area (Å²) >= 11 is 0. The summed E-state index contributed by atoms with van der Waals surface area (Å²) in [6, 6.07) is 11.9. The van der Waals surface area contributed by atoms with Crippen LogP contribution in [0.2, 0.25) is 0 Å². The minimum atomic E-state index is 0.772. The second-order valence-electron chi connectivity index (χ2n) is 4.22. The molecule has 17 heavy (non-hydrogen) atoms. The molecule has 1 aromatic carbocycles. The van der Waals surface area contributed by atoms with Crippen LogP contribution in [0.25, 0.3) is 16.9 Å². The van der Waals surface area contributed by atoms with E-state index in [1.54, 1.807) is 0 Å². The highest BCUT2D eigenvalue weighted by molar-refractivity contribution is 5.64. The van der Waals surface area contributed by atoms with Gasteiger partial charge in [-0.2, -0.15) is 0 Å². The number of hydrogen-bond acceptors (Lipinski definition) is 2. The summed E-state index contributed by atoms with van der Waals surface area (Å²) in [5.41, 5.74) is 10.7. The number of imidazole rings is 1. The fourth-order valence-corrected chi connectivity index (χ4v) is 1.88. The average molecular weight is 223 g/mol. The predicted molar refractivity (Wildman–Crippen MR) is 69.8 cm³/mol. The highest BCUT2D eigenvalue weighted by Gasteiger charge is 2.03. The van der Waals surface area contributed by atoms with Crippen molar-refractivity contribution in [1.29, 1.82) is 0 Å². The molecule has 84 valence electrons. The number of pyridine rings is 1. The third kappa shape index (κ3) is 1.76. The van der Waals surface area contributed by atoms with Gasteiger partial charge in [-0.15, -0.1) is 0 Å². The van der Waals surface area contributed by atoms with E-state index in [9.17, 15) is 0 Å². The summed E-state index contributed by atoms with van der Waals surface area (Å²) in [4.78, 5) is 4.60.